The van der Waals surface area contributed by atoms with Gasteiger partial charge in [0.2, 0.25) is 0 Å². The highest BCUT2D eigenvalue weighted by atomic mass is 19.1. The SMILES string of the molecule is COc1cccc(C2=NN(C(=O)CN3CCCC[C@@H]3C)[C@@H](c3ccc(F)cc3)C2)c1. The fraction of sp³-hybridized carbons (Fsp3) is 0.417. The van der Waals surface area contributed by atoms with Gasteiger partial charge in [-0.25, -0.2) is 9.40 Å². The molecule has 0 bridgehead atoms. The van der Waals surface area contributed by atoms with Crippen molar-refractivity contribution in [2.45, 2.75) is 44.7 Å². The molecule has 158 valence electrons. The molecule has 2 heterocycles. The molecule has 0 aromatic heterocycles. The summed E-state index contributed by atoms with van der Waals surface area (Å²) in [5, 5.41) is 6.33. The number of carbonyl (C=O) groups excluding carboxylic acids is 1. The standard InChI is InChI=1S/C24H28FN3O2/c1-17-6-3-4-13-27(17)16-24(29)28-23(18-9-11-20(25)12-10-18)15-22(26-28)19-7-5-8-21(14-19)30-2/h5,7-12,14,17,23H,3-4,6,13,15-16H2,1-2H3/t17-,23+/m0/s1. The lowest BCUT2D eigenvalue weighted by molar-refractivity contribution is -0.135. The number of hydrazone groups is 1. The Hall–Kier alpha value is -2.73. The molecular weight excluding hydrogens is 381 g/mol. The maximum Gasteiger partial charge on any atom is 0.257 e. The third-order valence-corrected chi connectivity index (χ3v) is 6.10. The molecular formula is C24H28FN3O2. The quantitative estimate of drug-likeness (QED) is 0.736. The maximum absolute atomic E-state index is 13.5. The van der Waals surface area contributed by atoms with Gasteiger partial charge in [-0.05, 0) is 56.1 Å². The van der Waals surface area contributed by atoms with Crippen molar-refractivity contribution in [3.63, 3.8) is 0 Å². The summed E-state index contributed by atoms with van der Waals surface area (Å²) in [5.41, 5.74) is 2.66. The van der Waals surface area contributed by atoms with Gasteiger partial charge in [-0.1, -0.05) is 30.7 Å². The zero-order valence-corrected chi connectivity index (χ0v) is 17.6. The van der Waals surface area contributed by atoms with E-state index in [-0.39, 0.29) is 17.8 Å². The lowest BCUT2D eigenvalue weighted by Gasteiger charge is -2.34. The Morgan fingerprint density at radius 3 is 2.73 bits per heavy atom. The van der Waals surface area contributed by atoms with Crippen LogP contribution in [0.15, 0.2) is 53.6 Å². The van der Waals surface area contributed by atoms with Crippen LogP contribution in [0.4, 0.5) is 4.39 Å². The number of methoxy groups -OCH3 is 1. The topological polar surface area (TPSA) is 45.1 Å². The molecule has 0 aliphatic carbocycles. The minimum absolute atomic E-state index is 0.0176. The fourth-order valence-corrected chi connectivity index (χ4v) is 4.30. The van der Waals surface area contributed by atoms with Crippen LogP contribution < -0.4 is 4.74 Å². The monoisotopic (exact) mass is 409 g/mol. The lowest BCUT2D eigenvalue weighted by atomic mass is 9.98. The molecule has 2 aromatic rings. The molecule has 0 saturated carbocycles. The number of likely N-dealkylation sites (tertiary alicyclic amines) is 1. The molecule has 0 radical (unpaired) electrons. The summed E-state index contributed by atoms with van der Waals surface area (Å²) in [5.74, 6) is 0.446. The summed E-state index contributed by atoms with van der Waals surface area (Å²) in [6, 6.07) is 14.2. The van der Waals surface area contributed by atoms with E-state index in [4.69, 9.17) is 9.84 Å². The first-order chi connectivity index (χ1) is 14.5. The van der Waals surface area contributed by atoms with E-state index in [0.29, 0.717) is 19.0 Å². The molecule has 0 unspecified atom stereocenters. The summed E-state index contributed by atoms with van der Waals surface area (Å²) in [7, 11) is 1.63. The second-order valence-corrected chi connectivity index (χ2v) is 8.10. The number of rotatable bonds is 5. The van der Waals surface area contributed by atoms with Gasteiger partial charge in [0.1, 0.15) is 11.6 Å². The average molecular weight is 410 g/mol. The van der Waals surface area contributed by atoms with Crippen LogP contribution in [0.1, 0.15) is 49.8 Å². The Morgan fingerprint density at radius 2 is 2.00 bits per heavy atom. The Labute approximate surface area is 177 Å². The van der Waals surface area contributed by atoms with Crippen LogP contribution in [-0.2, 0) is 4.79 Å². The number of hydrogen-bond acceptors (Lipinski definition) is 4. The minimum Gasteiger partial charge on any atom is -0.497 e. The fourth-order valence-electron chi connectivity index (χ4n) is 4.30. The molecule has 0 spiro atoms. The van der Waals surface area contributed by atoms with E-state index in [1.54, 1.807) is 24.3 Å². The maximum atomic E-state index is 13.5. The number of piperidine rings is 1. The molecule has 5 nitrogen and oxygen atoms in total. The zero-order valence-electron chi connectivity index (χ0n) is 17.6. The summed E-state index contributed by atoms with van der Waals surface area (Å²) < 4.78 is 18.8. The van der Waals surface area contributed by atoms with Gasteiger partial charge in [0.15, 0.2) is 0 Å². The van der Waals surface area contributed by atoms with Crippen LogP contribution in [-0.4, -0.2) is 47.8 Å². The number of carbonyl (C=O) groups is 1. The van der Waals surface area contributed by atoms with Crippen molar-refractivity contribution >= 4 is 11.6 Å². The van der Waals surface area contributed by atoms with Crippen molar-refractivity contribution in [2.24, 2.45) is 5.10 Å². The lowest BCUT2D eigenvalue weighted by Crippen LogP contribution is -2.44. The van der Waals surface area contributed by atoms with Gasteiger partial charge in [0, 0.05) is 18.0 Å². The number of ether oxygens (including phenoxy) is 1. The van der Waals surface area contributed by atoms with E-state index in [9.17, 15) is 9.18 Å². The summed E-state index contributed by atoms with van der Waals surface area (Å²) in [4.78, 5) is 15.5. The third kappa shape index (κ3) is 4.38. The Balaban J connectivity index is 1.61. The normalized spacial score (nSPS) is 22.1. The second-order valence-electron chi connectivity index (χ2n) is 8.10. The van der Waals surface area contributed by atoms with Gasteiger partial charge in [0.25, 0.3) is 5.91 Å². The predicted molar refractivity (Wildman–Crippen MR) is 115 cm³/mol. The molecule has 30 heavy (non-hydrogen) atoms. The smallest absolute Gasteiger partial charge is 0.257 e. The van der Waals surface area contributed by atoms with Gasteiger partial charge in [-0.15, -0.1) is 0 Å². The third-order valence-electron chi connectivity index (χ3n) is 6.10. The van der Waals surface area contributed by atoms with Crippen LogP contribution in [0.25, 0.3) is 0 Å². The second kappa shape index (κ2) is 8.96. The van der Waals surface area contributed by atoms with E-state index in [0.717, 1.165) is 42.0 Å². The number of benzene rings is 2. The van der Waals surface area contributed by atoms with Crippen molar-refractivity contribution < 1.29 is 13.9 Å². The predicted octanol–water partition coefficient (Wildman–Crippen LogP) is 4.39. The molecule has 2 atom stereocenters. The van der Waals surface area contributed by atoms with Gasteiger partial charge in [-0.3, -0.25) is 9.69 Å². The first kappa shape index (κ1) is 20.5. The van der Waals surface area contributed by atoms with Crippen LogP contribution >= 0.6 is 0 Å². The first-order valence-electron chi connectivity index (χ1n) is 10.6. The molecule has 1 amide bonds. The Kier molecular flexibility index (Phi) is 6.13. The molecule has 2 aromatic carbocycles. The van der Waals surface area contributed by atoms with Crippen molar-refractivity contribution in [3.8, 4) is 5.75 Å². The van der Waals surface area contributed by atoms with Gasteiger partial charge >= 0.3 is 0 Å². The number of halogens is 1. The van der Waals surface area contributed by atoms with Crippen LogP contribution in [0.5, 0.6) is 5.75 Å². The largest absolute Gasteiger partial charge is 0.497 e. The summed E-state index contributed by atoms with van der Waals surface area (Å²) in [6.07, 6.45) is 4.04. The molecule has 1 fully saturated rings. The number of amides is 1. The van der Waals surface area contributed by atoms with Crippen molar-refractivity contribution in [2.75, 3.05) is 20.2 Å². The highest BCUT2D eigenvalue weighted by Crippen LogP contribution is 2.34. The number of nitrogens with zero attached hydrogens (tertiary/aromatic N) is 3. The van der Waals surface area contributed by atoms with E-state index in [1.807, 2.05) is 24.3 Å². The summed E-state index contributed by atoms with van der Waals surface area (Å²) in [6.45, 7) is 3.47. The van der Waals surface area contributed by atoms with Crippen LogP contribution in [0.2, 0.25) is 0 Å². The molecule has 1 saturated heterocycles. The highest BCUT2D eigenvalue weighted by molar-refractivity contribution is 6.03. The molecule has 4 rings (SSSR count). The first-order valence-corrected chi connectivity index (χ1v) is 10.6. The van der Waals surface area contributed by atoms with Crippen molar-refractivity contribution in [3.05, 3.63) is 65.5 Å². The van der Waals surface area contributed by atoms with Crippen LogP contribution in [0, 0.1) is 5.82 Å². The van der Waals surface area contributed by atoms with E-state index >= 15 is 0 Å². The summed E-state index contributed by atoms with van der Waals surface area (Å²) >= 11 is 0. The van der Waals surface area contributed by atoms with Gasteiger partial charge < -0.3 is 4.74 Å². The van der Waals surface area contributed by atoms with E-state index < -0.39 is 0 Å². The zero-order chi connectivity index (χ0) is 21.1. The van der Waals surface area contributed by atoms with E-state index in [1.165, 1.54) is 18.6 Å². The van der Waals surface area contributed by atoms with Crippen molar-refractivity contribution in [1.82, 2.24) is 9.91 Å². The van der Waals surface area contributed by atoms with E-state index in [2.05, 4.69) is 11.8 Å². The van der Waals surface area contributed by atoms with Gasteiger partial charge in [0.05, 0.1) is 25.4 Å². The van der Waals surface area contributed by atoms with Gasteiger partial charge in [-0.2, -0.15) is 5.10 Å². The molecule has 6 heteroatoms. The number of hydrogen-bond donors (Lipinski definition) is 0. The Morgan fingerprint density at radius 1 is 1.20 bits per heavy atom. The Bertz CT molecular complexity index is 928. The molecule has 2 aliphatic heterocycles. The van der Waals surface area contributed by atoms with Crippen molar-refractivity contribution in [1.29, 1.82) is 0 Å². The minimum atomic E-state index is -0.286. The average Bonchev–Trinajstić information content (AvgIpc) is 3.21. The van der Waals surface area contributed by atoms with Crippen LogP contribution in [0.3, 0.4) is 0 Å². The highest BCUT2D eigenvalue weighted by Gasteiger charge is 2.34. The molecule has 2 aliphatic rings. The molecule has 0 N–H and O–H groups in total.